The highest BCUT2D eigenvalue weighted by Gasteiger charge is 2.25. The van der Waals surface area contributed by atoms with E-state index in [1.54, 1.807) is 82.6 Å². The van der Waals surface area contributed by atoms with Gasteiger partial charge in [-0.1, -0.05) is 19.9 Å². The van der Waals surface area contributed by atoms with E-state index in [4.69, 9.17) is 9.47 Å². The number of benzene rings is 2. The van der Waals surface area contributed by atoms with Gasteiger partial charge in [0.15, 0.2) is 0 Å². The van der Waals surface area contributed by atoms with Crippen molar-refractivity contribution in [2.75, 3.05) is 25.5 Å². The van der Waals surface area contributed by atoms with Crippen molar-refractivity contribution in [1.82, 2.24) is 9.29 Å². The van der Waals surface area contributed by atoms with E-state index < -0.39 is 15.9 Å². The molecule has 1 N–H and O–H groups in total. The number of hydrogen-bond donors (Lipinski definition) is 1. The third-order valence-corrected chi connectivity index (χ3v) is 7.26. The Kier molecular flexibility index (Phi) is 7.67. The first-order chi connectivity index (χ1) is 15.8. The number of hydrogen-bond acceptors (Lipinski definition) is 6. The molecule has 2 aromatic carbocycles. The van der Waals surface area contributed by atoms with Crippen molar-refractivity contribution in [3.63, 3.8) is 0 Å². The zero-order chi connectivity index (χ0) is 24.0. The van der Waals surface area contributed by atoms with Crippen molar-refractivity contribution in [2.24, 2.45) is 0 Å². The van der Waals surface area contributed by atoms with Crippen molar-refractivity contribution >= 4 is 21.6 Å². The molecule has 1 aromatic heterocycles. The average Bonchev–Trinajstić information content (AvgIpc) is 2.81. The lowest BCUT2D eigenvalue weighted by molar-refractivity contribution is 0.102. The van der Waals surface area contributed by atoms with E-state index in [1.807, 2.05) is 0 Å². The molecule has 0 bridgehead atoms. The second kappa shape index (κ2) is 10.5. The highest BCUT2D eigenvalue weighted by atomic mass is 32.2. The van der Waals surface area contributed by atoms with Crippen LogP contribution >= 0.6 is 0 Å². The van der Waals surface area contributed by atoms with Gasteiger partial charge in [0, 0.05) is 24.8 Å². The molecule has 0 radical (unpaired) electrons. The first-order valence-corrected chi connectivity index (χ1v) is 11.9. The Bertz CT molecular complexity index is 1220. The maximum Gasteiger partial charge on any atom is 0.255 e. The Balaban J connectivity index is 1.86. The summed E-state index contributed by atoms with van der Waals surface area (Å²) < 4.78 is 38.3. The fraction of sp³-hybridized carbons (Fsp3) is 0.250. The van der Waals surface area contributed by atoms with Gasteiger partial charge >= 0.3 is 0 Å². The Morgan fingerprint density at radius 2 is 1.70 bits per heavy atom. The van der Waals surface area contributed by atoms with Gasteiger partial charge in [-0.3, -0.25) is 4.79 Å². The Labute approximate surface area is 194 Å². The minimum absolute atomic E-state index is 0.111. The molecule has 0 aliphatic rings. The summed E-state index contributed by atoms with van der Waals surface area (Å²) in [6.45, 7) is 5.95. The van der Waals surface area contributed by atoms with Crippen LogP contribution in [0.3, 0.4) is 0 Å². The monoisotopic (exact) mass is 469 g/mol. The highest BCUT2D eigenvalue weighted by Crippen LogP contribution is 2.29. The second-order valence-electron chi connectivity index (χ2n) is 7.16. The van der Waals surface area contributed by atoms with E-state index in [-0.39, 0.29) is 16.3 Å². The molecule has 0 saturated heterocycles. The van der Waals surface area contributed by atoms with E-state index in [9.17, 15) is 13.2 Å². The van der Waals surface area contributed by atoms with Gasteiger partial charge in [-0.15, -0.1) is 0 Å². The van der Waals surface area contributed by atoms with Crippen LogP contribution in [-0.2, 0) is 10.0 Å². The lowest BCUT2D eigenvalue weighted by Crippen LogP contribution is -2.31. The molecule has 1 heterocycles. The van der Waals surface area contributed by atoms with Gasteiger partial charge in [-0.05, 0) is 61.0 Å². The number of carbonyl (C=O) groups is 1. The molecule has 1 amide bonds. The maximum absolute atomic E-state index is 13.0. The Hall–Kier alpha value is -3.43. The molecular formula is C24H27N3O5S. The van der Waals surface area contributed by atoms with Crippen LogP contribution < -0.4 is 14.8 Å². The summed E-state index contributed by atoms with van der Waals surface area (Å²) in [6, 6.07) is 14.9. The van der Waals surface area contributed by atoms with Gasteiger partial charge in [0.2, 0.25) is 15.9 Å². The summed E-state index contributed by atoms with van der Waals surface area (Å²) in [4.78, 5) is 17.3. The van der Waals surface area contributed by atoms with Gasteiger partial charge in [-0.25, -0.2) is 13.4 Å². The lowest BCUT2D eigenvalue weighted by atomic mass is 10.1. The second-order valence-corrected chi connectivity index (χ2v) is 9.06. The average molecular weight is 470 g/mol. The van der Waals surface area contributed by atoms with Crippen LogP contribution in [0.15, 0.2) is 65.7 Å². The van der Waals surface area contributed by atoms with Crippen molar-refractivity contribution in [1.29, 1.82) is 0 Å². The van der Waals surface area contributed by atoms with Gasteiger partial charge in [-0.2, -0.15) is 4.31 Å². The van der Waals surface area contributed by atoms with Gasteiger partial charge in [0.25, 0.3) is 5.91 Å². The Morgan fingerprint density at radius 3 is 2.33 bits per heavy atom. The van der Waals surface area contributed by atoms with Gasteiger partial charge in [0.1, 0.15) is 17.2 Å². The van der Waals surface area contributed by atoms with Crippen LogP contribution in [0.5, 0.6) is 17.4 Å². The first kappa shape index (κ1) is 24.2. The summed E-state index contributed by atoms with van der Waals surface area (Å²) in [6.07, 6.45) is 1.55. The van der Waals surface area contributed by atoms with Crippen molar-refractivity contribution in [3.8, 4) is 17.4 Å². The number of nitrogens with one attached hydrogen (secondary N) is 1. The molecule has 8 nitrogen and oxygen atoms in total. The molecule has 174 valence electrons. The third kappa shape index (κ3) is 5.50. The summed E-state index contributed by atoms with van der Waals surface area (Å²) in [5.74, 6) is 0.942. The normalized spacial score (nSPS) is 11.3. The number of anilines is 1. The zero-order valence-electron chi connectivity index (χ0n) is 19.0. The molecule has 0 aliphatic carbocycles. The number of aromatic nitrogens is 1. The van der Waals surface area contributed by atoms with Crippen LogP contribution in [0.1, 0.15) is 29.8 Å². The number of nitrogens with zero attached hydrogens (tertiary/aromatic N) is 2. The van der Waals surface area contributed by atoms with E-state index in [0.717, 1.165) is 0 Å². The van der Waals surface area contributed by atoms with E-state index in [0.29, 0.717) is 35.8 Å². The van der Waals surface area contributed by atoms with E-state index >= 15 is 0 Å². The molecule has 0 spiro atoms. The van der Waals surface area contributed by atoms with E-state index in [2.05, 4.69) is 10.3 Å². The lowest BCUT2D eigenvalue weighted by Gasteiger charge is -2.20. The molecule has 0 unspecified atom stereocenters. The molecule has 3 rings (SSSR count). The van der Waals surface area contributed by atoms with Crippen molar-refractivity contribution in [3.05, 3.63) is 71.9 Å². The van der Waals surface area contributed by atoms with Gasteiger partial charge in [0.05, 0.1) is 12.0 Å². The molecule has 0 atom stereocenters. The number of aryl methyl sites for hydroxylation is 1. The fourth-order valence-corrected chi connectivity index (χ4v) is 4.95. The predicted molar refractivity (Wildman–Crippen MR) is 127 cm³/mol. The number of rotatable bonds is 9. The minimum atomic E-state index is -3.71. The summed E-state index contributed by atoms with van der Waals surface area (Å²) in [5.41, 5.74) is 1.14. The van der Waals surface area contributed by atoms with Crippen LogP contribution in [-0.4, -0.2) is 43.8 Å². The quantitative estimate of drug-likeness (QED) is 0.496. The SMILES string of the molecule is CCN(CC)S(=O)(=O)c1cc(C(=O)Nc2cccnc2Oc2ccc(OC)cc2)ccc1C. The van der Waals surface area contributed by atoms with E-state index in [1.165, 1.54) is 10.4 Å². The van der Waals surface area contributed by atoms with Crippen LogP contribution in [0.4, 0.5) is 5.69 Å². The molecule has 0 saturated carbocycles. The predicted octanol–water partition coefficient (Wildman–Crippen LogP) is 4.47. The number of carbonyl (C=O) groups excluding carboxylic acids is 1. The van der Waals surface area contributed by atoms with Crippen molar-refractivity contribution in [2.45, 2.75) is 25.7 Å². The molecule has 3 aromatic rings. The zero-order valence-corrected chi connectivity index (χ0v) is 19.8. The topological polar surface area (TPSA) is 97.8 Å². The fourth-order valence-electron chi connectivity index (χ4n) is 3.24. The number of pyridine rings is 1. The molecule has 33 heavy (non-hydrogen) atoms. The van der Waals surface area contributed by atoms with Crippen molar-refractivity contribution < 1.29 is 22.7 Å². The van der Waals surface area contributed by atoms with Crippen LogP contribution in [0.25, 0.3) is 0 Å². The highest BCUT2D eigenvalue weighted by molar-refractivity contribution is 7.89. The standard InChI is InChI=1S/C24H27N3O5S/c1-5-27(6-2)33(29,30)22-16-18(10-9-17(22)3)23(28)26-21-8-7-15-25-24(21)32-20-13-11-19(31-4)12-14-20/h7-16H,5-6H2,1-4H3,(H,26,28). The summed E-state index contributed by atoms with van der Waals surface area (Å²) in [5, 5.41) is 2.77. The molecule has 9 heteroatoms. The first-order valence-electron chi connectivity index (χ1n) is 10.5. The minimum Gasteiger partial charge on any atom is -0.497 e. The number of sulfonamides is 1. The number of methoxy groups -OCH3 is 1. The maximum atomic E-state index is 13.0. The molecular weight excluding hydrogens is 442 g/mol. The summed E-state index contributed by atoms with van der Waals surface area (Å²) >= 11 is 0. The van der Waals surface area contributed by atoms with Crippen LogP contribution in [0.2, 0.25) is 0 Å². The number of amides is 1. The Morgan fingerprint density at radius 1 is 1.03 bits per heavy atom. The number of ether oxygens (including phenoxy) is 2. The largest absolute Gasteiger partial charge is 0.497 e. The van der Waals surface area contributed by atoms with Crippen LogP contribution in [0, 0.1) is 6.92 Å². The summed E-state index contributed by atoms with van der Waals surface area (Å²) in [7, 11) is -2.13. The molecule has 0 aliphatic heterocycles. The smallest absolute Gasteiger partial charge is 0.255 e. The van der Waals surface area contributed by atoms with Gasteiger partial charge < -0.3 is 14.8 Å². The third-order valence-electron chi connectivity index (χ3n) is 5.07. The molecule has 0 fully saturated rings.